The van der Waals surface area contributed by atoms with E-state index in [2.05, 4.69) is 55.3 Å². The predicted molar refractivity (Wildman–Crippen MR) is 80.4 cm³/mol. The van der Waals surface area contributed by atoms with Crippen molar-refractivity contribution in [3.63, 3.8) is 0 Å². The summed E-state index contributed by atoms with van der Waals surface area (Å²) in [6, 6.07) is 11.2. The molecule has 0 aliphatic carbocycles. The fourth-order valence-electron chi connectivity index (χ4n) is 2.40. The second-order valence-electron chi connectivity index (χ2n) is 5.14. The highest BCUT2D eigenvalue weighted by Gasteiger charge is 2.13. The Labute approximate surface area is 115 Å². The molecule has 2 heteroatoms. The van der Waals surface area contributed by atoms with Gasteiger partial charge in [0, 0.05) is 17.9 Å². The first-order chi connectivity index (χ1) is 9.11. The topological polar surface area (TPSA) is 24.9 Å². The first-order valence-corrected chi connectivity index (χ1v) is 6.76. The van der Waals surface area contributed by atoms with Crippen LogP contribution in [0, 0.1) is 20.8 Å². The van der Waals surface area contributed by atoms with E-state index in [1.165, 1.54) is 22.3 Å². The van der Waals surface area contributed by atoms with Gasteiger partial charge in [-0.1, -0.05) is 24.3 Å². The van der Waals surface area contributed by atoms with Crippen LogP contribution in [0.2, 0.25) is 0 Å². The maximum Gasteiger partial charge on any atom is 0.0420 e. The maximum absolute atomic E-state index is 4.38. The van der Waals surface area contributed by atoms with Crippen LogP contribution in [-0.2, 0) is 6.42 Å². The van der Waals surface area contributed by atoms with Crippen molar-refractivity contribution in [3.05, 3.63) is 64.5 Å². The van der Waals surface area contributed by atoms with Gasteiger partial charge in [0.15, 0.2) is 0 Å². The largest absolute Gasteiger partial charge is 0.313 e. The molecule has 1 unspecified atom stereocenters. The minimum Gasteiger partial charge on any atom is -0.313 e. The molecule has 0 radical (unpaired) electrons. The fraction of sp³-hybridized carbons (Fsp3) is 0.353. The molecule has 0 bridgehead atoms. The summed E-state index contributed by atoms with van der Waals surface area (Å²) in [7, 11) is 2.01. The van der Waals surface area contributed by atoms with E-state index in [0.29, 0.717) is 6.04 Å². The van der Waals surface area contributed by atoms with Crippen molar-refractivity contribution >= 4 is 0 Å². The predicted octanol–water partition coefficient (Wildman–Crippen LogP) is 3.51. The molecule has 1 atom stereocenters. The van der Waals surface area contributed by atoms with Crippen LogP contribution in [0.25, 0.3) is 0 Å². The maximum atomic E-state index is 4.38. The molecule has 1 N–H and O–H groups in total. The van der Waals surface area contributed by atoms with Gasteiger partial charge >= 0.3 is 0 Å². The number of nitrogens with zero attached hydrogens (tertiary/aromatic N) is 1. The van der Waals surface area contributed by atoms with Crippen LogP contribution in [0.15, 0.2) is 36.5 Å². The molecular formula is C17H22N2. The Bertz CT molecular complexity index is 561. The van der Waals surface area contributed by atoms with Gasteiger partial charge in [0.2, 0.25) is 0 Å². The van der Waals surface area contributed by atoms with Crippen molar-refractivity contribution in [1.82, 2.24) is 10.3 Å². The average Bonchev–Trinajstić information content (AvgIpc) is 2.41. The van der Waals surface area contributed by atoms with Gasteiger partial charge in [-0.15, -0.1) is 0 Å². The zero-order chi connectivity index (χ0) is 13.8. The van der Waals surface area contributed by atoms with Gasteiger partial charge in [-0.25, -0.2) is 0 Å². The molecule has 0 spiro atoms. The average molecular weight is 254 g/mol. The molecule has 2 nitrogen and oxygen atoms in total. The summed E-state index contributed by atoms with van der Waals surface area (Å²) >= 11 is 0. The molecule has 0 aliphatic rings. The Morgan fingerprint density at radius 1 is 1.11 bits per heavy atom. The van der Waals surface area contributed by atoms with Crippen LogP contribution < -0.4 is 5.32 Å². The molecule has 2 aromatic rings. The fourth-order valence-corrected chi connectivity index (χ4v) is 2.40. The summed E-state index contributed by atoms with van der Waals surface area (Å²) in [6.07, 6.45) is 2.84. The minimum atomic E-state index is 0.316. The van der Waals surface area contributed by atoms with E-state index in [0.717, 1.165) is 12.1 Å². The Morgan fingerprint density at radius 2 is 1.89 bits per heavy atom. The lowest BCUT2D eigenvalue weighted by atomic mass is 9.96. The van der Waals surface area contributed by atoms with Crippen molar-refractivity contribution in [2.75, 3.05) is 7.05 Å². The molecule has 19 heavy (non-hydrogen) atoms. The quantitative estimate of drug-likeness (QED) is 0.903. The minimum absolute atomic E-state index is 0.316. The summed E-state index contributed by atoms with van der Waals surface area (Å²) in [6.45, 7) is 6.39. The lowest BCUT2D eigenvalue weighted by Crippen LogP contribution is -2.20. The summed E-state index contributed by atoms with van der Waals surface area (Å²) in [5.74, 6) is 0. The highest BCUT2D eigenvalue weighted by Crippen LogP contribution is 2.21. The van der Waals surface area contributed by atoms with Crippen molar-refractivity contribution in [2.45, 2.75) is 33.2 Å². The van der Waals surface area contributed by atoms with Gasteiger partial charge in [-0.05, 0) is 62.6 Å². The van der Waals surface area contributed by atoms with Crippen molar-refractivity contribution < 1.29 is 0 Å². The third-order valence-corrected chi connectivity index (χ3v) is 3.78. The SMILES string of the molecule is CNC(Cc1ccc(C)c(C)c1)c1cccnc1C. The van der Waals surface area contributed by atoms with Crippen molar-refractivity contribution in [3.8, 4) is 0 Å². The summed E-state index contributed by atoms with van der Waals surface area (Å²) in [5, 5.41) is 3.40. The van der Waals surface area contributed by atoms with Crippen molar-refractivity contribution in [1.29, 1.82) is 0 Å². The molecular weight excluding hydrogens is 232 g/mol. The standard InChI is InChI=1S/C17H22N2/c1-12-7-8-15(10-13(12)2)11-17(18-4)16-6-5-9-19-14(16)3/h5-10,17-18H,11H2,1-4H3. The Balaban J connectivity index is 2.24. The second kappa shape index (κ2) is 5.98. The summed E-state index contributed by atoms with van der Waals surface area (Å²) in [5.41, 5.74) is 6.46. The number of aromatic nitrogens is 1. The summed E-state index contributed by atoms with van der Waals surface area (Å²) < 4.78 is 0. The van der Waals surface area contributed by atoms with Gasteiger partial charge in [-0.2, -0.15) is 0 Å². The van der Waals surface area contributed by atoms with E-state index < -0.39 is 0 Å². The van der Waals surface area contributed by atoms with E-state index in [1.807, 2.05) is 19.3 Å². The number of likely N-dealkylation sites (N-methyl/N-ethyl adjacent to an activating group) is 1. The first kappa shape index (κ1) is 13.8. The van der Waals surface area contributed by atoms with E-state index in [9.17, 15) is 0 Å². The molecule has 0 fully saturated rings. The van der Waals surface area contributed by atoms with E-state index >= 15 is 0 Å². The normalized spacial score (nSPS) is 12.4. The van der Waals surface area contributed by atoms with E-state index in [-0.39, 0.29) is 0 Å². The number of benzene rings is 1. The lowest BCUT2D eigenvalue weighted by Gasteiger charge is -2.19. The number of nitrogens with one attached hydrogen (secondary N) is 1. The third-order valence-electron chi connectivity index (χ3n) is 3.78. The Morgan fingerprint density at radius 3 is 2.53 bits per heavy atom. The molecule has 100 valence electrons. The van der Waals surface area contributed by atoms with Gasteiger partial charge in [-0.3, -0.25) is 4.98 Å². The van der Waals surface area contributed by atoms with E-state index in [1.54, 1.807) is 0 Å². The Hall–Kier alpha value is -1.67. The number of pyridine rings is 1. The van der Waals surface area contributed by atoms with Crippen LogP contribution in [-0.4, -0.2) is 12.0 Å². The number of aryl methyl sites for hydroxylation is 3. The highest BCUT2D eigenvalue weighted by molar-refractivity contribution is 5.32. The third kappa shape index (κ3) is 3.21. The molecule has 1 heterocycles. The monoisotopic (exact) mass is 254 g/mol. The number of rotatable bonds is 4. The van der Waals surface area contributed by atoms with E-state index in [4.69, 9.17) is 0 Å². The number of hydrogen-bond acceptors (Lipinski definition) is 2. The molecule has 0 saturated carbocycles. The molecule has 2 rings (SSSR count). The van der Waals surface area contributed by atoms with Crippen LogP contribution in [0.1, 0.15) is 34.0 Å². The molecule has 0 saturated heterocycles. The van der Waals surface area contributed by atoms with Gasteiger partial charge in [0.25, 0.3) is 0 Å². The van der Waals surface area contributed by atoms with Crippen molar-refractivity contribution in [2.24, 2.45) is 0 Å². The van der Waals surface area contributed by atoms with Gasteiger partial charge < -0.3 is 5.32 Å². The lowest BCUT2D eigenvalue weighted by molar-refractivity contribution is 0.586. The second-order valence-corrected chi connectivity index (χ2v) is 5.14. The molecule has 0 aliphatic heterocycles. The Kier molecular flexibility index (Phi) is 4.33. The number of hydrogen-bond donors (Lipinski definition) is 1. The molecule has 1 aromatic heterocycles. The van der Waals surface area contributed by atoms with Crippen LogP contribution in [0.3, 0.4) is 0 Å². The zero-order valence-electron chi connectivity index (χ0n) is 12.2. The molecule has 0 amide bonds. The zero-order valence-corrected chi connectivity index (χ0v) is 12.2. The van der Waals surface area contributed by atoms with Gasteiger partial charge in [0.05, 0.1) is 0 Å². The van der Waals surface area contributed by atoms with Crippen LogP contribution in [0.5, 0.6) is 0 Å². The summed E-state index contributed by atoms with van der Waals surface area (Å²) in [4.78, 5) is 4.38. The molecule has 1 aromatic carbocycles. The smallest absolute Gasteiger partial charge is 0.0420 e. The van der Waals surface area contributed by atoms with Gasteiger partial charge in [0.1, 0.15) is 0 Å². The first-order valence-electron chi connectivity index (χ1n) is 6.76. The van der Waals surface area contributed by atoms with Crippen LogP contribution >= 0.6 is 0 Å². The highest BCUT2D eigenvalue weighted by atomic mass is 14.9. The van der Waals surface area contributed by atoms with Crippen LogP contribution in [0.4, 0.5) is 0 Å².